The van der Waals surface area contributed by atoms with E-state index in [1.807, 2.05) is 121 Å². The van der Waals surface area contributed by atoms with E-state index in [4.69, 9.17) is 14.6 Å². The maximum Gasteiger partial charge on any atom is 0.264 e. The maximum atomic E-state index is 15.6. The normalized spacial score (nSPS) is 21.3. The zero-order chi connectivity index (χ0) is 42.0. The van der Waals surface area contributed by atoms with Crippen molar-refractivity contribution in [3.05, 3.63) is 156 Å². The minimum Gasteiger partial charge on any atom is -0.497 e. The summed E-state index contributed by atoms with van der Waals surface area (Å²) in [7, 11) is -0.958. The molecule has 3 amide bonds. The minimum atomic E-state index is -2.60. The summed E-state index contributed by atoms with van der Waals surface area (Å²) < 4.78 is 12.9. The maximum absolute atomic E-state index is 15.6. The first-order valence-corrected chi connectivity index (χ1v) is 23.8. The first kappa shape index (κ1) is 40.9. The Morgan fingerprint density at radius 2 is 1.53 bits per heavy atom. The molecular weight excluding hydrogens is 769 g/mol. The lowest BCUT2D eigenvalue weighted by atomic mass is 9.82. The van der Waals surface area contributed by atoms with Crippen LogP contribution in [-0.2, 0) is 37.8 Å². The van der Waals surface area contributed by atoms with E-state index < -0.39 is 19.8 Å². The molecule has 8 rings (SSSR count). The lowest BCUT2D eigenvalue weighted by Gasteiger charge is -2.37. The van der Waals surface area contributed by atoms with Gasteiger partial charge in [0.25, 0.3) is 5.91 Å². The third kappa shape index (κ3) is 7.57. The van der Waals surface area contributed by atoms with Crippen LogP contribution in [0.3, 0.4) is 0 Å². The van der Waals surface area contributed by atoms with Gasteiger partial charge in [0.05, 0.1) is 57.9 Å². The van der Waals surface area contributed by atoms with E-state index in [1.165, 1.54) is 5.01 Å². The Morgan fingerprint density at radius 3 is 2.18 bits per heavy atom. The molecule has 1 spiro atoms. The number of fused-ring (bicyclic) bond motifs is 2. The van der Waals surface area contributed by atoms with Gasteiger partial charge in [-0.15, -0.1) is 0 Å². The zero-order valence-electron chi connectivity index (χ0n) is 34.7. The minimum absolute atomic E-state index is 0.0203. The Morgan fingerprint density at radius 1 is 0.883 bits per heavy atom. The quantitative estimate of drug-likeness (QED) is 0.124. The van der Waals surface area contributed by atoms with Crippen molar-refractivity contribution in [1.82, 2.24) is 4.90 Å². The van der Waals surface area contributed by atoms with Crippen molar-refractivity contribution in [3.8, 4) is 5.75 Å². The largest absolute Gasteiger partial charge is 0.497 e. The monoisotopic (exact) mass is 820 g/mol. The van der Waals surface area contributed by atoms with E-state index in [2.05, 4.69) is 32.2 Å². The van der Waals surface area contributed by atoms with Gasteiger partial charge < -0.3 is 24.4 Å². The van der Waals surface area contributed by atoms with Crippen molar-refractivity contribution >= 4 is 48.1 Å². The molecule has 308 valence electrons. The number of carbonyl (C=O) groups is 3. The summed E-state index contributed by atoms with van der Waals surface area (Å²) in [4.78, 5) is 47.3. The van der Waals surface area contributed by atoms with E-state index in [9.17, 15) is 14.7 Å². The Bertz CT molecular complexity index is 2380. The number of amides is 3. The molecule has 0 unspecified atom stereocenters. The van der Waals surface area contributed by atoms with E-state index in [0.29, 0.717) is 42.9 Å². The highest BCUT2D eigenvalue weighted by Gasteiger charge is 2.66. The highest BCUT2D eigenvalue weighted by molar-refractivity contribution is 6.91. The molecule has 0 aliphatic carbocycles. The number of carbonyl (C=O) groups excluding carboxylic acids is 3. The molecule has 10 nitrogen and oxygen atoms in total. The Balaban J connectivity index is 1.25. The van der Waals surface area contributed by atoms with Crippen molar-refractivity contribution in [1.29, 1.82) is 0 Å². The standard InChI is InChI=1S/C49H52N4O6Si/c1-34-47(60(3,4)40-23-21-39(58-2)22-24-40)44(31-46(56)51(28-29-54)32-35-14-8-5-9-15-35)59-49(34)41-30-38(53-45(55)27-25-42(50-53)37-18-12-7-13-19-37)20-26-43(41)52(48(49)57)33-36-16-10-6-11-17-36/h5-24,26,30,34,44,47,54H,25,27-29,31-33H2,1-4H3/t34-,44+,47-,49+/m0/s1. The van der Waals surface area contributed by atoms with Crippen LogP contribution < -0.4 is 19.8 Å². The molecule has 60 heavy (non-hydrogen) atoms. The van der Waals surface area contributed by atoms with Crippen LogP contribution in [0.5, 0.6) is 5.75 Å². The Hall–Kier alpha value is -5.88. The summed E-state index contributed by atoms with van der Waals surface area (Å²) in [6.45, 7) is 7.30. The van der Waals surface area contributed by atoms with Crippen molar-refractivity contribution in [2.75, 3.05) is 30.2 Å². The van der Waals surface area contributed by atoms with E-state index in [0.717, 1.165) is 33.3 Å². The van der Waals surface area contributed by atoms with Crippen LogP contribution >= 0.6 is 0 Å². The third-order valence-corrected chi connectivity index (χ3v) is 17.1. The number of hydrazone groups is 1. The fraction of sp³-hybridized carbons (Fsp3) is 0.306. The van der Waals surface area contributed by atoms with Crippen LogP contribution in [0, 0.1) is 5.92 Å². The number of aliphatic hydroxyl groups is 1. The SMILES string of the molecule is COc1ccc([Si](C)(C)[C@@H]2[C@@H](CC(=O)N(CCO)Cc3ccccc3)O[C@]3(C(=O)N(Cc4ccccc4)c4ccc(N5N=C(c6ccccc6)CCC5=O)cc43)[C@H]2C)cc1. The van der Waals surface area contributed by atoms with Gasteiger partial charge in [0, 0.05) is 37.4 Å². The second-order valence-electron chi connectivity index (χ2n) is 16.6. The van der Waals surface area contributed by atoms with Crippen molar-refractivity contribution in [2.45, 2.75) is 69.6 Å². The Kier molecular flexibility index (Phi) is 11.6. The average Bonchev–Trinajstić information content (AvgIpc) is 3.70. The number of benzene rings is 5. The molecule has 1 N–H and O–H groups in total. The van der Waals surface area contributed by atoms with Gasteiger partial charge in [-0.3, -0.25) is 14.4 Å². The van der Waals surface area contributed by atoms with Crippen molar-refractivity contribution in [2.24, 2.45) is 11.0 Å². The topological polar surface area (TPSA) is 112 Å². The number of rotatable bonds is 13. The summed E-state index contributed by atoms with van der Waals surface area (Å²) in [6.07, 6.45) is 0.192. The number of nitrogens with zero attached hydrogens (tertiary/aromatic N) is 4. The lowest BCUT2D eigenvalue weighted by Crippen LogP contribution is -2.52. The molecule has 5 aromatic carbocycles. The van der Waals surface area contributed by atoms with Crippen LogP contribution in [0.4, 0.5) is 11.4 Å². The first-order chi connectivity index (χ1) is 29.0. The molecule has 5 aromatic rings. The van der Waals surface area contributed by atoms with Crippen LogP contribution in [0.1, 0.15) is 48.4 Å². The molecule has 0 aromatic heterocycles. The average molecular weight is 821 g/mol. The number of anilines is 2. The second kappa shape index (κ2) is 17.0. The predicted molar refractivity (Wildman–Crippen MR) is 237 cm³/mol. The summed E-state index contributed by atoms with van der Waals surface area (Å²) in [5.41, 5.74) is 3.92. The van der Waals surface area contributed by atoms with E-state index >= 15 is 4.79 Å². The van der Waals surface area contributed by atoms with Gasteiger partial charge in [-0.25, -0.2) is 5.01 Å². The summed E-state index contributed by atoms with van der Waals surface area (Å²) in [5.74, 6) is -0.125. The molecule has 0 bridgehead atoms. The lowest BCUT2D eigenvalue weighted by molar-refractivity contribution is -0.150. The molecule has 1 saturated heterocycles. The number of aliphatic hydroxyl groups excluding tert-OH is 1. The van der Waals surface area contributed by atoms with Crippen LogP contribution in [0.15, 0.2) is 139 Å². The number of hydrogen-bond donors (Lipinski definition) is 1. The third-order valence-electron chi connectivity index (χ3n) is 12.7. The van der Waals surface area contributed by atoms with Crippen LogP contribution in [0.2, 0.25) is 18.6 Å². The predicted octanol–water partition coefficient (Wildman–Crippen LogP) is 7.40. The number of methoxy groups -OCH3 is 1. The van der Waals surface area contributed by atoms with E-state index in [-0.39, 0.29) is 48.8 Å². The van der Waals surface area contributed by atoms with Crippen LogP contribution in [0.25, 0.3) is 0 Å². The van der Waals surface area contributed by atoms with Gasteiger partial charge >= 0.3 is 0 Å². The molecular formula is C49H52N4O6Si. The summed E-state index contributed by atoms with van der Waals surface area (Å²) in [6, 6.07) is 43.3. The number of hydrogen-bond acceptors (Lipinski definition) is 7. The van der Waals surface area contributed by atoms with Gasteiger partial charge in [0.15, 0.2) is 5.60 Å². The molecule has 3 aliphatic heterocycles. The summed E-state index contributed by atoms with van der Waals surface area (Å²) in [5, 5.41) is 17.6. The smallest absolute Gasteiger partial charge is 0.264 e. The molecule has 11 heteroatoms. The summed E-state index contributed by atoms with van der Waals surface area (Å²) >= 11 is 0. The fourth-order valence-corrected chi connectivity index (χ4v) is 13.7. The molecule has 3 heterocycles. The molecule has 3 aliphatic rings. The molecule has 1 fully saturated rings. The Labute approximate surface area is 353 Å². The highest BCUT2D eigenvalue weighted by atomic mass is 28.3. The van der Waals surface area contributed by atoms with Crippen molar-refractivity contribution in [3.63, 3.8) is 0 Å². The van der Waals surface area contributed by atoms with E-state index in [1.54, 1.807) is 16.9 Å². The van der Waals surface area contributed by atoms with Gasteiger partial charge in [0.1, 0.15) is 5.75 Å². The molecule has 4 atom stereocenters. The van der Waals surface area contributed by atoms with Gasteiger partial charge in [-0.1, -0.05) is 128 Å². The first-order valence-electron chi connectivity index (χ1n) is 20.8. The second-order valence-corrected chi connectivity index (χ2v) is 21.3. The number of ether oxygens (including phenoxy) is 2. The van der Waals surface area contributed by atoms with Gasteiger partial charge in [-0.05, 0) is 52.6 Å². The highest BCUT2D eigenvalue weighted by Crippen LogP contribution is 2.60. The molecule has 0 radical (unpaired) electrons. The molecule has 0 saturated carbocycles. The fourth-order valence-electron chi connectivity index (χ4n) is 9.67. The van der Waals surface area contributed by atoms with Gasteiger partial charge in [0.2, 0.25) is 11.8 Å². The zero-order valence-corrected chi connectivity index (χ0v) is 35.7. The van der Waals surface area contributed by atoms with Gasteiger partial charge in [-0.2, -0.15) is 5.10 Å². The van der Waals surface area contributed by atoms with Crippen LogP contribution in [-0.4, -0.2) is 67.9 Å². The van der Waals surface area contributed by atoms with Crippen molar-refractivity contribution < 1.29 is 29.0 Å².